The van der Waals surface area contributed by atoms with Crippen molar-refractivity contribution in [1.82, 2.24) is 0 Å². The molecule has 1 heterocycles. The Morgan fingerprint density at radius 3 is 2.68 bits per heavy atom. The summed E-state index contributed by atoms with van der Waals surface area (Å²) in [6.45, 7) is 9.26. The zero-order chi connectivity index (χ0) is 22.9. The molecule has 1 atom stereocenters. The van der Waals surface area contributed by atoms with E-state index in [0.717, 1.165) is 63.3 Å². The maximum absolute atomic E-state index is 14.2. The third kappa shape index (κ3) is 8.20. The molecule has 0 aliphatic carbocycles. The first kappa shape index (κ1) is 25.2. The Morgan fingerprint density at radius 2 is 2.00 bits per heavy atom. The van der Waals surface area contributed by atoms with Crippen LogP contribution < -0.4 is 4.90 Å². The topological polar surface area (TPSA) is 88.6 Å². The van der Waals surface area contributed by atoms with Crippen molar-refractivity contribution in [1.29, 1.82) is 5.26 Å². The van der Waals surface area contributed by atoms with E-state index in [4.69, 9.17) is 14.7 Å². The average Bonchev–Trinajstić information content (AvgIpc) is 2.71. The minimum absolute atomic E-state index is 0.118. The smallest absolute Gasteiger partial charge is 0.294 e. The molecule has 31 heavy (non-hydrogen) atoms. The maximum Gasteiger partial charge on any atom is 0.294 e. The number of unbranched alkanes of at least 4 members (excludes halogenated alkanes) is 1. The number of piperidine rings is 1. The Kier molecular flexibility index (Phi) is 9.87. The third-order valence-electron chi connectivity index (χ3n) is 5.56. The SMILES string of the molecule is C[Si](C)(C)CCOCOCCCC[C@@H]1CCCCN1c1cc(F)c(C#N)cc1[N+](=O)[O-]. The molecule has 172 valence electrons. The second kappa shape index (κ2) is 12.1. The fraction of sp³-hybridized carbons (Fsp3) is 0.682. The van der Waals surface area contributed by atoms with Gasteiger partial charge in [-0.25, -0.2) is 4.39 Å². The molecule has 1 aliphatic heterocycles. The van der Waals surface area contributed by atoms with Gasteiger partial charge in [0.2, 0.25) is 0 Å². The van der Waals surface area contributed by atoms with Crippen molar-refractivity contribution in [3.05, 3.63) is 33.6 Å². The molecule has 1 saturated heterocycles. The minimum atomic E-state index is -1.08. The van der Waals surface area contributed by atoms with Crippen molar-refractivity contribution in [2.75, 3.05) is 31.5 Å². The molecule has 7 nitrogen and oxygen atoms in total. The Balaban J connectivity index is 1.85. The molecule has 0 spiro atoms. The van der Waals surface area contributed by atoms with E-state index in [9.17, 15) is 14.5 Å². The number of benzene rings is 1. The molecule has 0 N–H and O–H groups in total. The number of halogens is 1. The second-order valence-corrected chi connectivity index (χ2v) is 14.9. The molecule has 0 unspecified atom stereocenters. The summed E-state index contributed by atoms with van der Waals surface area (Å²) >= 11 is 0. The van der Waals surface area contributed by atoms with Crippen LogP contribution in [-0.2, 0) is 9.47 Å². The average molecular weight is 452 g/mol. The molecule has 0 bridgehead atoms. The highest BCUT2D eigenvalue weighted by Crippen LogP contribution is 2.36. The summed E-state index contributed by atoms with van der Waals surface area (Å²) in [7, 11) is -1.08. The highest BCUT2D eigenvalue weighted by molar-refractivity contribution is 6.76. The summed E-state index contributed by atoms with van der Waals surface area (Å²) in [5.74, 6) is -0.713. The molecular weight excluding hydrogens is 417 g/mol. The number of nitro benzene ring substituents is 1. The van der Waals surface area contributed by atoms with Crippen LogP contribution in [0.4, 0.5) is 15.8 Å². The standard InChI is InChI=1S/C22H34FN3O4Si/c1-31(2,3)13-12-30-17-29-11-7-5-9-19-8-4-6-10-25(19)21-15-20(23)18(16-24)14-22(21)26(27)28/h14-15,19H,4-13,17H2,1-3H3/t19-/m0/s1. The van der Waals surface area contributed by atoms with Gasteiger partial charge in [-0.3, -0.25) is 10.1 Å². The lowest BCUT2D eigenvalue weighted by Crippen LogP contribution is -2.40. The van der Waals surface area contributed by atoms with Crippen LogP contribution in [0.15, 0.2) is 12.1 Å². The van der Waals surface area contributed by atoms with Crippen LogP contribution in [-0.4, -0.2) is 45.6 Å². The van der Waals surface area contributed by atoms with E-state index in [0.29, 0.717) is 19.9 Å². The molecule has 1 aromatic rings. The summed E-state index contributed by atoms with van der Waals surface area (Å²) in [6.07, 6.45) is 5.54. The number of nitrogens with zero attached hydrogens (tertiary/aromatic N) is 3. The van der Waals surface area contributed by atoms with Gasteiger partial charge < -0.3 is 14.4 Å². The number of hydrogen-bond donors (Lipinski definition) is 0. The van der Waals surface area contributed by atoms with Crippen molar-refractivity contribution in [2.24, 2.45) is 0 Å². The Bertz CT molecular complexity index is 779. The van der Waals surface area contributed by atoms with Crippen LogP contribution in [0.5, 0.6) is 0 Å². The first-order chi connectivity index (χ1) is 14.7. The van der Waals surface area contributed by atoms with E-state index in [1.807, 2.05) is 4.90 Å². The number of anilines is 1. The highest BCUT2D eigenvalue weighted by atomic mass is 28.3. The van der Waals surface area contributed by atoms with Gasteiger partial charge in [-0.05, 0) is 44.6 Å². The monoisotopic (exact) mass is 451 g/mol. The number of nitro groups is 1. The van der Waals surface area contributed by atoms with Crippen molar-refractivity contribution >= 4 is 19.4 Å². The lowest BCUT2D eigenvalue weighted by atomic mass is 9.96. The largest absolute Gasteiger partial charge is 0.363 e. The molecule has 1 aromatic carbocycles. The van der Waals surface area contributed by atoms with Crippen LogP contribution in [0.3, 0.4) is 0 Å². The van der Waals surface area contributed by atoms with Gasteiger partial charge >= 0.3 is 0 Å². The quantitative estimate of drug-likeness (QED) is 0.138. The summed E-state index contributed by atoms with van der Waals surface area (Å²) < 4.78 is 25.3. The fourth-order valence-corrected chi connectivity index (χ4v) is 4.53. The summed E-state index contributed by atoms with van der Waals surface area (Å²) in [5, 5.41) is 20.5. The predicted molar refractivity (Wildman–Crippen MR) is 122 cm³/mol. The Hall–Kier alpha value is -2.02. The van der Waals surface area contributed by atoms with E-state index in [1.54, 1.807) is 6.07 Å². The van der Waals surface area contributed by atoms with E-state index in [-0.39, 0.29) is 23.0 Å². The summed E-state index contributed by atoms with van der Waals surface area (Å²) in [6, 6.07) is 5.12. The van der Waals surface area contributed by atoms with Gasteiger partial charge in [-0.1, -0.05) is 19.6 Å². The molecule has 2 rings (SSSR count). The van der Waals surface area contributed by atoms with Gasteiger partial charge in [-0.2, -0.15) is 5.26 Å². The van der Waals surface area contributed by atoms with Crippen LogP contribution in [0.1, 0.15) is 44.1 Å². The number of nitriles is 1. The van der Waals surface area contributed by atoms with E-state index >= 15 is 0 Å². The summed E-state index contributed by atoms with van der Waals surface area (Å²) in [5.41, 5.74) is -0.227. The molecule has 1 fully saturated rings. The van der Waals surface area contributed by atoms with Crippen LogP contribution in [0.25, 0.3) is 0 Å². The first-order valence-electron chi connectivity index (χ1n) is 11.0. The van der Waals surface area contributed by atoms with Crippen molar-refractivity contribution in [2.45, 2.75) is 70.3 Å². The van der Waals surface area contributed by atoms with E-state index in [1.165, 1.54) is 0 Å². The molecular formula is C22H34FN3O4Si. The second-order valence-electron chi connectivity index (χ2n) is 9.27. The van der Waals surface area contributed by atoms with Crippen molar-refractivity contribution in [3.8, 4) is 6.07 Å². The van der Waals surface area contributed by atoms with Gasteiger partial charge in [0.1, 0.15) is 24.4 Å². The normalized spacial score (nSPS) is 16.9. The molecule has 1 aliphatic rings. The van der Waals surface area contributed by atoms with Gasteiger partial charge in [0.15, 0.2) is 0 Å². The summed E-state index contributed by atoms with van der Waals surface area (Å²) in [4.78, 5) is 13.0. The first-order valence-corrected chi connectivity index (χ1v) is 14.7. The van der Waals surface area contributed by atoms with Crippen LogP contribution in [0, 0.1) is 27.3 Å². The minimum Gasteiger partial charge on any atom is -0.363 e. The van der Waals surface area contributed by atoms with Crippen molar-refractivity contribution < 1.29 is 18.8 Å². The molecule has 9 heteroatoms. The number of rotatable bonds is 12. The number of ether oxygens (including phenoxy) is 2. The van der Waals surface area contributed by atoms with Crippen LogP contribution >= 0.6 is 0 Å². The van der Waals surface area contributed by atoms with Gasteiger partial charge in [0.05, 0.1) is 10.5 Å². The Labute approximate surface area is 185 Å². The molecule has 0 saturated carbocycles. The lowest BCUT2D eigenvalue weighted by Gasteiger charge is -2.37. The maximum atomic E-state index is 14.2. The third-order valence-corrected chi connectivity index (χ3v) is 7.26. The predicted octanol–water partition coefficient (Wildman–Crippen LogP) is 5.46. The molecule has 0 radical (unpaired) electrons. The Morgan fingerprint density at radius 1 is 1.26 bits per heavy atom. The zero-order valence-electron chi connectivity index (χ0n) is 18.9. The van der Waals surface area contributed by atoms with Crippen molar-refractivity contribution in [3.63, 3.8) is 0 Å². The molecule has 0 amide bonds. The number of hydrogen-bond acceptors (Lipinski definition) is 6. The lowest BCUT2D eigenvalue weighted by molar-refractivity contribution is -0.384. The zero-order valence-corrected chi connectivity index (χ0v) is 19.9. The van der Waals surface area contributed by atoms with Gasteiger partial charge in [0, 0.05) is 46.0 Å². The molecule has 0 aromatic heterocycles. The van der Waals surface area contributed by atoms with Crippen LogP contribution in [0.2, 0.25) is 25.7 Å². The highest BCUT2D eigenvalue weighted by Gasteiger charge is 2.29. The van der Waals surface area contributed by atoms with Gasteiger partial charge in [0.25, 0.3) is 5.69 Å². The van der Waals surface area contributed by atoms with Gasteiger partial charge in [-0.15, -0.1) is 0 Å². The van der Waals surface area contributed by atoms with E-state index in [2.05, 4.69) is 19.6 Å². The van der Waals surface area contributed by atoms with E-state index < -0.39 is 18.8 Å². The fourth-order valence-electron chi connectivity index (χ4n) is 3.77.